The molecular weight excluding hydrogens is 294 g/mol. The number of piperazine rings is 1. The van der Waals surface area contributed by atoms with Crippen molar-refractivity contribution in [2.45, 2.75) is 6.04 Å². The number of primary amides is 1. The molecular formula is C16H17N5O2. The summed E-state index contributed by atoms with van der Waals surface area (Å²) >= 11 is 0. The second-order valence-corrected chi connectivity index (χ2v) is 5.30. The van der Waals surface area contributed by atoms with Gasteiger partial charge in [0.25, 0.3) is 5.91 Å². The third kappa shape index (κ3) is 3.19. The van der Waals surface area contributed by atoms with Crippen LogP contribution < -0.4 is 11.1 Å². The van der Waals surface area contributed by atoms with Gasteiger partial charge >= 0.3 is 0 Å². The Morgan fingerprint density at radius 2 is 2.13 bits per heavy atom. The van der Waals surface area contributed by atoms with E-state index in [1.807, 2.05) is 12.1 Å². The molecule has 1 atom stereocenters. The van der Waals surface area contributed by atoms with E-state index in [0.29, 0.717) is 18.8 Å². The third-order valence-corrected chi connectivity index (χ3v) is 3.84. The zero-order valence-electron chi connectivity index (χ0n) is 12.5. The number of aromatic nitrogens is 2. The average Bonchev–Trinajstić information content (AvgIpc) is 2.62. The number of nitrogens with two attached hydrogens (primary N) is 1. The fourth-order valence-corrected chi connectivity index (χ4v) is 2.63. The SMILES string of the molecule is NC(=O)c1ccc(C(=O)N2CCNCC2c2cccnc2)nc1. The van der Waals surface area contributed by atoms with Crippen molar-refractivity contribution >= 4 is 11.8 Å². The lowest BCUT2D eigenvalue weighted by Crippen LogP contribution is -2.48. The van der Waals surface area contributed by atoms with E-state index in [0.717, 1.165) is 12.1 Å². The molecule has 23 heavy (non-hydrogen) atoms. The molecule has 0 radical (unpaired) electrons. The summed E-state index contributed by atoms with van der Waals surface area (Å²) in [6, 6.07) is 6.76. The minimum Gasteiger partial charge on any atom is -0.366 e. The lowest BCUT2D eigenvalue weighted by Gasteiger charge is -2.36. The molecule has 2 aromatic rings. The summed E-state index contributed by atoms with van der Waals surface area (Å²) in [7, 11) is 0. The normalized spacial score (nSPS) is 17.7. The molecule has 1 aliphatic heterocycles. The van der Waals surface area contributed by atoms with E-state index in [1.54, 1.807) is 17.3 Å². The molecule has 3 rings (SSSR count). The fourth-order valence-electron chi connectivity index (χ4n) is 2.63. The van der Waals surface area contributed by atoms with E-state index in [9.17, 15) is 9.59 Å². The lowest BCUT2D eigenvalue weighted by atomic mass is 10.0. The first kappa shape index (κ1) is 15.1. The van der Waals surface area contributed by atoms with Crippen LogP contribution in [0.2, 0.25) is 0 Å². The van der Waals surface area contributed by atoms with Crippen molar-refractivity contribution in [1.29, 1.82) is 0 Å². The standard InChI is InChI=1S/C16H17N5O2/c17-15(22)12-3-4-13(20-9-12)16(23)21-7-6-19-10-14(21)11-2-1-5-18-8-11/h1-5,8-9,14,19H,6-7,10H2,(H2,17,22). The number of carbonyl (C=O) groups is 2. The van der Waals surface area contributed by atoms with Crippen molar-refractivity contribution in [3.8, 4) is 0 Å². The highest BCUT2D eigenvalue weighted by Crippen LogP contribution is 2.23. The topological polar surface area (TPSA) is 101 Å². The van der Waals surface area contributed by atoms with Crippen LogP contribution in [-0.2, 0) is 0 Å². The second-order valence-electron chi connectivity index (χ2n) is 5.30. The zero-order valence-corrected chi connectivity index (χ0v) is 12.5. The molecule has 7 nitrogen and oxygen atoms in total. The quantitative estimate of drug-likeness (QED) is 0.852. The van der Waals surface area contributed by atoms with Gasteiger partial charge in [-0.15, -0.1) is 0 Å². The molecule has 118 valence electrons. The maximum Gasteiger partial charge on any atom is 0.273 e. The van der Waals surface area contributed by atoms with Gasteiger partial charge in [0.1, 0.15) is 5.69 Å². The molecule has 3 N–H and O–H groups in total. The van der Waals surface area contributed by atoms with Crippen molar-refractivity contribution in [3.63, 3.8) is 0 Å². The van der Waals surface area contributed by atoms with Gasteiger partial charge in [-0.1, -0.05) is 6.07 Å². The van der Waals surface area contributed by atoms with E-state index >= 15 is 0 Å². The highest BCUT2D eigenvalue weighted by Gasteiger charge is 2.29. The highest BCUT2D eigenvalue weighted by atomic mass is 16.2. The molecule has 0 aliphatic carbocycles. The Balaban J connectivity index is 1.85. The first-order valence-electron chi connectivity index (χ1n) is 7.34. The number of amides is 2. The van der Waals surface area contributed by atoms with Crippen LogP contribution in [-0.4, -0.2) is 46.3 Å². The summed E-state index contributed by atoms with van der Waals surface area (Å²) in [6.45, 7) is 1.97. The fraction of sp³-hybridized carbons (Fsp3) is 0.250. The van der Waals surface area contributed by atoms with Crippen LogP contribution in [0.15, 0.2) is 42.9 Å². The number of carbonyl (C=O) groups excluding carboxylic acids is 2. The summed E-state index contributed by atoms with van der Waals surface area (Å²) in [6.07, 6.45) is 4.80. The van der Waals surface area contributed by atoms with Crippen molar-refractivity contribution in [2.75, 3.05) is 19.6 Å². The van der Waals surface area contributed by atoms with E-state index in [-0.39, 0.29) is 17.5 Å². The van der Waals surface area contributed by atoms with Crippen LogP contribution in [0.3, 0.4) is 0 Å². The van der Waals surface area contributed by atoms with Crippen molar-refractivity contribution in [1.82, 2.24) is 20.2 Å². The maximum atomic E-state index is 12.8. The van der Waals surface area contributed by atoms with E-state index in [2.05, 4.69) is 15.3 Å². The molecule has 7 heteroatoms. The van der Waals surface area contributed by atoms with Crippen LogP contribution in [0.1, 0.15) is 32.5 Å². The summed E-state index contributed by atoms with van der Waals surface area (Å²) in [4.78, 5) is 33.8. The van der Waals surface area contributed by atoms with Crippen molar-refractivity contribution in [3.05, 3.63) is 59.7 Å². The third-order valence-electron chi connectivity index (χ3n) is 3.84. The van der Waals surface area contributed by atoms with Crippen molar-refractivity contribution in [2.24, 2.45) is 5.73 Å². The number of hydrogen-bond acceptors (Lipinski definition) is 5. The Morgan fingerprint density at radius 3 is 2.78 bits per heavy atom. The monoisotopic (exact) mass is 311 g/mol. The average molecular weight is 311 g/mol. The zero-order chi connectivity index (χ0) is 16.2. The number of nitrogens with one attached hydrogen (secondary N) is 1. The molecule has 0 saturated carbocycles. The predicted molar refractivity (Wildman–Crippen MR) is 83.6 cm³/mol. The Labute approximate surface area is 133 Å². The Hall–Kier alpha value is -2.80. The van der Waals surface area contributed by atoms with Gasteiger partial charge in [0.15, 0.2) is 0 Å². The van der Waals surface area contributed by atoms with Crippen LogP contribution >= 0.6 is 0 Å². The molecule has 1 aliphatic rings. The van der Waals surface area contributed by atoms with Gasteiger partial charge in [-0.3, -0.25) is 19.6 Å². The number of rotatable bonds is 3. The Morgan fingerprint density at radius 1 is 1.26 bits per heavy atom. The molecule has 0 bridgehead atoms. The summed E-state index contributed by atoms with van der Waals surface area (Å²) < 4.78 is 0. The smallest absolute Gasteiger partial charge is 0.273 e. The molecule has 1 saturated heterocycles. The van der Waals surface area contributed by atoms with Gasteiger partial charge in [0, 0.05) is 38.2 Å². The Bertz CT molecular complexity index is 702. The molecule has 0 spiro atoms. The largest absolute Gasteiger partial charge is 0.366 e. The first-order valence-corrected chi connectivity index (χ1v) is 7.34. The van der Waals surface area contributed by atoms with Crippen LogP contribution in [0.4, 0.5) is 0 Å². The Kier molecular flexibility index (Phi) is 4.29. The minimum absolute atomic E-state index is 0.0948. The molecule has 3 heterocycles. The summed E-state index contributed by atoms with van der Waals surface area (Å²) in [5, 5.41) is 3.29. The van der Waals surface area contributed by atoms with E-state index < -0.39 is 5.91 Å². The van der Waals surface area contributed by atoms with Gasteiger partial charge in [-0.25, -0.2) is 0 Å². The van der Waals surface area contributed by atoms with Crippen LogP contribution in [0.25, 0.3) is 0 Å². The number of nitrogens with zero attached hydrogens (tertiary/aromatic N) is 3. The number of pyridine rings is 2. The van der Waals surface area contributed by atoms with Crippen molar-refractivity contribution < 1.29 is 9.59 Å². The van der Waals surface area contributed by atoms with Gasteiger partial charge in [0.2, 0.25) is 5.91 Å². The second kappa shape index (κ2) is 6.53. The minimum atomic E-state index is -0.563. The molecule has 1 unspecified atom stereocenters. The van der Waals surface area contributed by atoms with Crippen LogP contribution in [0.5, 0.6) is 0 Å². The lowest BCUT2D eigenvalue weighted by molar-refractivity contribution is 0.0627. The molecule has 2 aromatic heterocycles. The molecule has 1 fully saturated rings. The highest BCUT2D eigenvalue weighted by molar-refractivity contribution is 5.95. The van der Waals surface area contributed by atoms with Gasteiger partial charge in [0.05, 0.1) is 11.6 Å². The summed E-state index contributed by atoms with van der Waals surface area (Å²) in [5.41, 5.74) is 6.75. The van der Waals surface area contributed by atoms with Gasteiger partial charge < -0.3 is 16.0 Å². The van der Waals surface area contributed by atoms with E-state index in [1.165, 1.54) is 18.3 Å². The molecule has 0 aromatic carbocycles. The number of hydrogen-bond donors (Lipinski definition) is 2. The summed E-state index contributed by atoms with van der Waals surface area (Å²) in [5.74, 6) is -0.733. The predicted octanol–water partition coefficient (Wildman–Crippen LogP) is 0.362. The van der Waals surface area contributed by atoms with E-state index in [4.69, 9.17) is 5.73 Å². The van der Waals surface area contributed by atoms with Gasteiger partial charge in [-0.2, -0.15) is 0 Å². The molecule has 2 amide bonds. The van der Waals surface area contributed by atoms with Crippen LogP contribution in [0, 0.1) is 0 Å². The maximum absolute atomic E-state index is 12.8. The van der Waals surface area contributed by atoms with Gasteiger partial charge in [-0.05, 0) is 23.8 Å². The first-order chi connectivity index (χ1) is 11.2.